The summed E-state index contributed by atoms with van der Waals surface area (Å²) in [5, 5.41) is 2.64. The Balaban J connectivity index is 4.48. The summed E-state index contributed by atoms with van der Waals surface area (Å²) in [5.41, 5.74) is 4.66. The minimum absolute atomic E-state index is 0.0439. The van der Waals surface area contributed by atoms with Gasteiger partial charge < -0.3 is 11.1 Å². The highest BCUT2D eigenvalue weighted by Crippen LogP contribution is 2.05. The van der Waals surface area contributed by atoms with Crippen LogP contribution in [-0.2, 0) is 9.59 Å². The molecule has 0 bridgehead atoms. The molecule has 4 nitrogen and oxygen atoms in total. The summed E-state index contributed by atoms with van der Waals surface area (Å²) in [7, 11) is 0. The van der Waals surface area contributed by atoms with Gasteiger partial charge in [-0.05, 0) is 26.7 Å². The van der Waals surface area contributed by atoms with E-state index in [0.29, 0.717) is 0 Å². The van der Waals surface area contributed by atoms with Gasteiger partial charge in [0, 0.05) is 0 Å². The lowest BCUT2D eigenvalue weighted by atomic mass is 9.98. The number of carbonyl (C=O) groups excluding carboxylic acids is 2. The predicted molar refractivity (Wildman–Crippen MR) is 55.7 cm³/mol. The van der Waals surface area contributed by atoms with Crippen LogP contribution in [-0.4, -0.2) is 23.3 Å². The fraction of sp³-hybridized carbons (Fsp3) is 0.800. The smallest absolute Gasteiger partial charge is 0.240 e. The normalized spacial score (nSPS) is 13.9. The zero-order chi connectivity index (χ0) is 11.5. The van der Waals surface area contributed by atoms with Gasteiger partial charge in [0.1, 0.15) is 0 Å². The third-order valence-electron chi connectivity index (χ3n) is 1.98. The van der Waals surface area contributed by atoms with Crippen LogP contribution in [0.4, 0.5) is 0 Å². The number of nitrogens with two attached hydrogens (primary N) is 1. The van der Waals surface area contributed by atoms with Crippen molar-refractivity contribution < 1.29 is 9.59 Å². The van der Waals surface area contributed by atoms with Crippen molar-refractivity contribution >= 4 is 11.7 Å². The van der Waals surface area contributed by atoms with Crippen molar-refractivity contribution in [3.05, 3.63) is 0 Å². The lowest BCUT2D eigenvalue weighted by molar-refractivity contribution is -0.130. The molecule has 3 N–H and O–H groups in total. The summed E-state index contributed by atoms with van der Waals surface area (Å²) in [5.74, 6) is -0.261. The zero-order valence-corrected chi connectivity index (χ0v) is 9.55. The molecule has 0 fully saturated rings. The molecule has 0 rings (SSSR count). The van der Waals surface area contributed by atoms with Crippen molar-refractivity contribution in [2.75, 3.05) is 0 Å². The van der Waals surface area contributed by atoms with Crippen LogP contribution in [0.15, 0.2) is 0 Å². The molecule has 1 atom stereocenters. The fourth-order valence-electron chi connectivity index (χ4n) is 1.06. The average molecular weight is 200 g/mol. The van der Waals surface area contributed by atoms with Gasteiger partial charge in [0.05, 0.1) is 11.6 Å². The molecule has 82 valence electrons. The highest BCUT2D eigenvalue weighted by atomic mass is 16.2. The van der Waals surface area contributed by atoms with E-state index in [-0.39, 0.29) is 17.6 Å². The maximum atomic E-state index is 11.5. The molecule has 0 unspecified atom stereocenters. The summed E-state index contributed by atoms with van der Waals surface area (Å²) in [6.07, 6.45) is 0. The molecule has 0 aromatic heterocycles. The van der Waals surface area contributed by atoms with E-state index in [1.807, 2.05) is 13.8 Å². The Morgan fingerprint density at radius 3 is 1.93 bits per heavy atom. The number of hydrogen-bond donors (Lipinski definition) is 2. The van der Waals surface area contributed by atoms with Gasteiger partial charge in [-0.3, -0.25) is 9.59 Å². The van der Waals surface area contributed by atoms with Crippen LogP contribution in [0, 0.1) is 5.92 Å². The Kier molecular flexibility index (Phi) is 4.26. The average Bonchev–Trinajstić information content (AvgIpc) is 1.96. The van der Waals surface area contributed by atoms with E-state index < -0.39 is 11.6 Å². The van der Waals surface area contributed by atoms with Crippen molar-refractivity contribution in [2.45, 2.75) is 46.2 Å². The first-order valence-corrected chi connectivity index (χ1v) is 4.76. The summed E-state index contributed by atoms with van der Waals surface area (Å²) in [4.78, 5) is 22.7. The van der Waals surface area contributed by atoms with Crippen LogP contribution in [0.3, 0.4) is 0 Å². The number of carbonyl (C=O) groups is 2. The Labute approximate surface area is 85.2 Å². The van der Waals surface area contributed by atoms with Crippen molar-refractivity contribution in [1.82, 2.24) is 5.32 Å². The van der Waals surface area contributed by atoms with Crippen LogP contribution in [0.1, 0.15) is 34.6 Å². The summed E-state index contributed by atoms with van der Waals surface area (Å²) < 4.78 is 0. The molecule has 0 saturated carbocycles. The first kappa shape index (κ1) is 13.1. The van der Waals surface area contributed by atoms with E-state index in [1.54, 1.807) is 13.8 Å². The fourth-order valence-corrected chi connectivity index (χ4v) is 1.06. The third kappa shape index (κ3) is 3.87. The SMILES string of the molecule is CC(=O)[C@@H](NC(=O)C(C)(C)N)C(C)C. The van der Waals surface area contributed by atoms with Gasteiger partial charge in [-0.25, -0.2) is 0 Å². The summed E-state index contributed by atoms with van der Waals surface area (Å²) in [6.45, 7) is 8.46. The quantitative estimate of drug-likeness (QED) is 0.692. The van der Waals surface area contributed by atoms with Crippen molar-refractivity contribution in [3.63, 3.8) is 0 Å². The molecule has 0 aliphatic carbocycles. The van der Waals surface area contributed by atoms with E-state index >= 15 is 0 Å². The molecule has 1 amide bonds. The highest BCUT2D eigenvalue weighted by Gasteiger charge is 2.27. The maximum Gasteiger partial charge on any atom is 0.240 e. The molecule has 0 heterocycles. The Morgan fingerprint density at radius 1 is 1.29 bits per heavy atom. The monoisotopic (exact) mass is 200 g/mol. The number of ketones is 1. The molecular formula is C10H20N2O2. The molecule has 0 aliphatic rings. The van der Waals surface area contributed by atoms with E-state index in [1.165, 1.54) is 6.92 Å². The number of hydrogen-bond acceptors (Lipinski definition) is 3. The molecule has 0 radical (unpaired) electrons. The first-order chi connectivity index (χ1) is 6.16. The summed E-state index contributed by atoms with van der Waals surface area (Å²) in [6, 6.07) is -0.440. The van der Waals surface area contributed by atoms with Gasteiger partial charge in [0.2, 0.25) is 5.91 Å². The van der Waals surface area contributed by atoms with E-state index in [2.05, 4.69) is 5.32 Å². The Morgan fingerprint density at radius 2 is 1.71 bits per heavy atom. The minimum atomic E-state index is -0.942. The van der Waals surface area contributed by atoms with Crippen LogP contribution < -0.4 is 11.1 Å². The van der Waals surface area contributed by atoms with Crippen LogP contribution in [0.5, 0.6) is 0 Å². The zero-order valence-electron chi connectivity index (χ0n) is 9.55. The van der Waals surface area contributed by atoms with Gasteiger partial charge in [0.25, 0.3) is 0 Å². The lowest BCUT2D eigenvalue weighted by Crippen LogP contribution is -2.55. The number of rotatable bonds is 4. The van der Waals surface area contributed by atoms with Crippen LogP contribution in [0.25, 0.3) is 0 Å². The van der Waals surface area contributed by atoms with Gasteiger partial charge in [-0.1, -0.05) is 13.8 Å². The van der Waals surface area contributed by atoms with Crippen molar-refractivity contribution in [1.29, 1.82) is 0 Å². The number of Topliss-reactive ketones (excluding diaryl/α,β-unsaturated/α-hetero) is 1. The second-order valence-corrected chi connectivity index (χ2v) is 4.53. The highest BCUT2D eigenvalue weighted by molar-refractivity contribution is 5.91. The molecule has 14 heavy (non-hydrogen) atoms. The summed E-state index contributed by atoms with van der Waals surface area (Å²) >= 11 is 0. The largest absolute Gasteiger partial charge is 0.344 e. The van der Waals surface area contributed by atoms with E-state index in [9.17, 15) is 9.59 Å². The number of amides is 1. The molecule has 0 aromatic rings. The second kappa shape index (κ2) is 4.55. The van der Waals surface area contributed by atoms with Gasteiger partial charge in [0.15, 0.2) is 5.78 Å². The molecule has 0 aromatic carbocycles. The van der Waals surface area contributed by atoms with Gasteiger partial charge in [-0.2, -0.15) is 0 Å². The maximum absolute atomic E-state index is 11.5. The standard InChI is InChI=1S/C10H20N2O2/c1-6(2)8(7(3)13)12-9(14)10(4,5)11/h6,8H,11H2,1-5H3,(H,12,14)/t8-/m0/s1. The second-order valence-electron chi connectivity index (χ2n) is 4.53. The molecular weight excluding hydrogens is 180 g/mol. The molecule has 0 aliphatic heterocycles. The van der Waals surface area contributed by atoms with E-state index in [0.717, 1.165) is 0 Å². The predicted octanol–water partition coefficient (Wildman–Crippen LogP) is 0.454. The first-order valence-electron chi connectivity index (χ1n) is 4.76. The topological polar surface area (TPSA) is 72.2 Å². The molecule has 0 saturated heterocycles. The van der Waals surface area contributed by atoms with Crippen LogP contribution >= 0.6 is 0 Å². The van der Waals surface area contributed by atoms with Crippen molar-refractivity contribution in [3.8, 4) is 0 Å². The lowest BCUT2D eigenvalue weighted by Gasteiger charge is -2.24. The Bertz CT molecular complexity index is 229. The molecule has 4 heteroatoms. The van der Waals surface area contributed by atoms with Gasteiger partial charge >= 0.3 is 0 Å². The number of nitrogens with one attached hydrogen (secondary N) is 1. The van der Waals surface area contributed by atoms with Crippen LogP contribution in [0.2, 0.25) is 0 Å². The van der Waals surface area contributed by atoms with Crippen molar-refractivity contribution in [2.24, 2.45) is 11.7 Å². The third-order valence-corrected chi connectivity index (χ3v) is 1.98. The van der Waals surface area contributed by atoms with Gasteiger partial charge in [-0.15, -0.1) is 0 Å². The molecule has 0 spiro atoms. The van der Waals surface area contributed by atoms with E-state index in [4.69, 9.17) is 5.73 Å². The minimum Gasteiger partial charge on any atom is -0.344 e. The Hall–Kier alpha value is -0.900.